The Morgan fingerprint density at radius 2 is 1.79 bits per heavy atom. The number of aromatic nitrogens is 1. The van der Waals surface area contributed by atoms with Crippen molar-refractivity contribution in [2.24, 2.45) is 0 Å². The van der Waals surface area contributed by atoms with Crippen molar-refractivity contribution in [1.82, 2.24) is 4.98 Å². The third kappa shape index (κ3) is 1.80. The van der Waals surface area contributed by atoms with Gasteiger partial charge in [-0.25, -0.2) is 0 Å². The van der Waals surface area contributed by atoms with E-state index >= 15 is 0 Å². The van der Waals surface area contributed by atoms with E-state index in [1.807, 2.05) is 30.5 Å². The van der Waals surface area contributed by atoms with Crippen molar-refractivity contribution in [1.29, 1.82) is 0 Å². The minimum Gasteiger partial charge on any atom is -0.255 e. The van der Waals surface area contributed by atoms with E-state index in [2.05, 4.69) is 29.4 Å². The molecule has 0 N–H and O–H groups in total. The Hall–Kier alpha value is -1.28. The summed E-state index contributed by atoms with van der Waals surface area (Å²) in [5, 5.41) is 0. The molecule has 2 aromatic rings. The summed E-state index contributed by atoms with van der Waals surface area (Å²) >= 11 is 1.73. The molecule has 0 fully saturated rings. The van der Waals surface area contributed by atoms with Crippen LogP contribution in [0.1, 0.15) is 0 Å². The summed E-state index contributed by atoms with van der Waals surface area (Å²) in [7, 11) is 0. The highest BCUT2D eigenvalue weighted by atomic mass is 32.2. The largest absolute Gasteiger partial charge is 0.255 e. The Bertz CT molecular complexity index is 412. The van der Waals surface area contributed by atoms with Gasteiger partial charge in [-0.1, -0.05) is 30.3 Å². The van der Waals surface area contributed by atoms with Gasteiger partial charge in [0.1, 0.15) is 0 Å². The van der Waals surface area contributed by atoms with Crippen LogP contribution in [0.15, 0.2) is 53.6 Å². The smallest absolute Gasteiger partial charge is 0.0837 e. The molecule has 0 bridgehead atoms. The molecule has 2 heteroatoms. The summed E-state index contributed by atoms with van der Waals surface area (Å²) in [5.74, 6) is 0. The van der Waals surface area contributed by atoms with Gasteiger partial charge in [0, 0.05) is 16.7 Å². The molecule has 1 nitrogen and oxygen atoms in total. The molecule has 0 aliphatic heterocycles. The molecule has 0 spiro atoms. The van der Waals surface area contributed by atoms with Gasteiger partial charge in [-0.05, 0) is 18.4 Å². The monoisotopic (exact) mass is 201 g/mol. The molecule has 14 heavy (non-hydrogen) atoms. The molecule has 0 aliphatic rings. The first-order chi connectivity index (χ1) is 6.92. The van der Waals surface area contributed by atoms with Crippen LogP contribution in [0.3, 0.4) is 0 Å². The van der Waals surface area contributed by atoms with Crippen molar-refractivity contribution in [2.45, 2.75) is 4.90 Å². The van der Waals surface area contributed by atoms with Gasteiger partial charge in [-0.2, -0.15) is 0 Å². The van der Waals surface area contributed by atoms with Crippen LogP contribution in [0, 0.1) is 0 Å². The van der Waals surface area contributed by atoms with Gasteiger partial charge in [0.05, 0.1) is 5.69 Å². The van der Waals surface area contributed by atoms with Crippen LogP contribution in [0.5, 0.6) is 0 Å². The quantitative estimate of drug-likeness (QED) is 0.690. The zero-order valence-electron chi connectivity index (χ0n) is 7.97. The Morgan fingerprint density at radius 1 is 1.00 bits per heavy atom. The van der Waals surface area contributed by atoms with E-state index in [0.29, 0.717) is 0 Å². The number of hydrogen-bond donors (Lipinski definition) is 0. The Kier molecular flexibility index (Phi) is 2.84. The fraction of sp³-hybridized carbons (Fsp3) is 0.0833. The van der Waals surface area contributed by atoms with E-state index in [4.69, 9.17) is 0 Å². The molecule has 70 valence electrons. The minimum atomic E-state index is 1.07. The summed E-state index contributed by atoms with van der Waals surface area (Å²) in [6.45, 7) is 0. The fourth-order valence-electron chi connectivity index (χ4n) is 1.37. The molecule has 0 unspecified atom stereocenters. The van der Waals surface area contributed by atoms with Gasteiger partial charge in [0.15, 0.2) is 0 Å². The first kappa shape index (κ1) is 9.28. The van der Waals surface area contributed by atoms with E-state index in [-0.39, 0.29) is 0 Å². The predicted octanol–water partition coefficient (Wildman–Crippen LogP) is 3.47. The highest BCUT2D eigenvalue weighted by Gasteiger charge is 2.03. The molecule has 1 aromatic heterocycles. The molecule has 0 atom stereocenters. The lowest BCUT2D eigenvalue weighted by molar-refractivity contribution is 1.24. The molecular formula is C12H11NS. The van der Waals surface area contributed by atoms with Crippen LogP contribution in [-0.4, -0.2) is 11.2 Å². The van der Waals surface area contributed by atoms with Crippen molar-refractivity contribution < 1.29 is 0 Å². The fourth-order valence-corrected chi connectivity index (χ4v) is 1.95. The van der Waals surface area contributed by atoms with E-state index in [0.717, 1.165) is 5.69 Å². The molecule has 0 aliphatic carbocycles. The standard InChI is InChI=1S/C12H11NS/c1-14-11-8-5-9-13-12(11)10-6-3-2-4-7-10/h2-9H,1H3. The van der Waals surface area contributed by atoms with E-state index in [1.54, 1.807) is 11.8 Å². The van der Waals surface area contributed by atoms with Crippen LogP contribution in [-0.2, 0) is 0 Å². The van der Waals surface area contributed by atoms with E-state index in [9.17, 15) is 0 Å². The van der Waals surface area contributed by atoms with E-state index < -0.39 is 0 Å². The maximum Gasteiger partial charge on any atom is 0.0837 e. The minimum absolute atomic E-state index is 1.07. The summed E-state index contributed by atoms with van der Waals surface area (Å²) < 4.78 is 0. The van der Waals surface area contributed by atoms with Gasteiger partial charge in [0.2, 0.25) is 0 Å². The molecule has 1 heterocycles. The van der Waals surface area contributed by atoms with Crippen molar-refractivity contribution in [2.75, 3.05) is 6.26 Å². The van der Waals surface area contributed by atoms with Crippen LogP contribution in [0.4, 0.5) is 0 Å². The first-order valence-electron chi connectivity index (χ1n) is 4.46. The number of hydrogen-bond acceptors (Lipinski definition) is 2. The maximum absolute atomic E-state index is 4.40. The zero-order chi connectivity index (χ0) is 9.80. The third-order valence-corrected chi connectivity index (χ3v) is 2.81. The van der Waals surface area contributed by atoms with Gasteiger partial charge in [0.25, 0.3) is 0 Å². The molecule has 0 saturated heterocycles. The summed E-state index contributed by atoms with van der Waals surface area (Å²) in [4.78, 5) is 5.62. The molecular weight excluding hydrogens is 190 g/mol. The summed E-state index contributed by atoms with van der Waals surface area (Å²) in [5.41, 5.74) is 2.25. The first-order valence-corrected chi connectivity index (χ1v) is 5.68. The lowest BCUT2D eigenvalue weighted by Gasteiger charge is -2.04. The van der Waals surface area contributed by atoms with Gasteiger partial charge in [-0.15, -0.1) is 11.8 Å². The van der Waals surface area contributed by atoms with Crippen molar-refractivity contribution in [3.8, 4) is 11.3 Å². The second kappa shape index (κ2) is 4.29. The summed E-state index contributed by atoms with van der Waals surface area (Å²) in [6, 6.07) is 14.3. The van der Waals surface area contributed by atoms with Gasteiger partial charge >= 0.3 is 0 Å². The molecule has 0 saturated carbocycles. The Labute approximate surface area is 88.2 Å². The number of pyridine rings is 1. The molecule has 0 amide bonds. The number of thioether (sulfide) groups is 1. The van der Waals surface area contributed by atoms with Crippen LogP contribution in [0.25, 0.3) is 11.3 Å². The topological polar surface area (TPSA) is 12.9 Å². The van der Waals surface area contributed by atoms with Crippen molar-refractivity contribution >= 4 is 11.8 Å². The van der Waals surface area contributed by atoms with Crippen LogP contribution in [0.2, 0.25) is 0 Å². The van der Waals surface area contributed by atoms with Crippen LogP contribution < -0.4 is 0 Å². The third-order valence-electron chi connectivity index (χ3n) is 2.04. The highest BCUT2D eigenvalue weighted by molar-refractivity contribution is 7.98. The number of rotatable bonds is 2. The SMILES string of the molecule is CSc1cccnc1-c1ccccc1. The Balaban J connectivity index is 2.51. The zero-order valence-corrected chi connectivity index (χ0v) is 8.79. The van der Waals surface area contributed by atoms with Crippen LogP contribution >= 0.6 is 11.8 Å². The predicted molar refractivity (Wildman–Crippen MR) is 61.5 cm³/mol. The highest BCUT2D eigenvalue weighted by Crippen LogP contribution is 2.27. The lowest BCUT2D eigenvalue weighted by Crippen LogP contribution is -1.85. The van der Waals surface area contributed by atoms with Crippen molar-refractivity contribution in [3.05, 3.63) is 48.7 Å². The lowest BCUT2D eigenvalue weighted by atomic mass is 10.1. The number of benzene rings is 1. The molecule has 1 aromatic carbocycles. The average molecular weight is 201 g/mol. The second-order valence-electron chi connectivity index (χ2n) is 2.92. The normalized spacial score (nSPS) is 10.1. The molecule has 2 rings (SSSR count). The Morgan fingerprint density at radius 3 is 2.50 bits per heavy atom. The molecule has 0 radical (unpaired) electrons. The average Bonchev–Trinajstić information content (AvgIpc) is 2.30. The van der Waals surface area contributed by atoms with Crippen molar-refractivity contribution in [3.63, 3.8) is 0 Å². The summed E-state index contributed by atoms with van der Waals surface area (Å²) in [6.07, 6.45) is 3.91. The maximum atomic E-state index is 4.40. The van der Waals surface area contributed by atoms with Gasteiger partial charge in [-0.3, -0.25) is 4.98 Å². The van der Waals surface area contributed by atoms with Gasteiger partial charge < -0.3 is 0 Å². The second-order valence-corrected chi connectivity index (χ2v) is 3.77. The number of nitrogens with zero attached hydrogens (tertiary/aromatic N) is 1. The van der Waals surface area contributed by atoms with E-state index in [1.165, 1.54) is 10.5 Å².